The molecule has 7 nitrogen and oxygen atoms in total. The predicted molar refractivity (Wildman–Crippen MR) is 63.1 cm³/mol. The lowest BCUT2D eigenvalue weighted by atomic mass is 10.0. The highest BCUT2D eigenvalue weighted by Crippen LogP contribution is 2.20. The van der Waals surface area contributed by atoms with Gasteiger partial charge in [-0.3, -0.25) is 14.9 Å². The van der Waals surface area contributed by atoms with Gasteiger partial charge in [-0.05, 0) is 19.1 Å². The minimum Gasteiger partial charge on any atom is -0.394 e. The fourth-order valence-corrected chi connectivity index (χ4v) is 1.32. The maximum absolute atomic E-state index is 13.1. The SMILES string of the molecule is CC(CO)(CO)NC(=O)c1cc(F)ccc1[N+](=O)[O-]. The van der Waals surface area contributed by atoms with Gasteiger partial charge in [0, 0.05) is 6.07 Å². The van der Waals surface area contributed by atoms with E-state index in [1.54, 1.807) is 0 Å². The molecule has 0 radical (unpaired) electrons. The molecule has 0 fully saturated rings. The molecule has 8 heteroatoms. The first kappa shape index (κ1) is 15.0. The molecule has 0 heterocycles. The Bertz CT molecular complexity index is 502. The standard InChI is InChI=1S/C11H13FN2O5/c1-11(5-15,6-16)13-10(17)8-4-7(12)2-3-9(8)14(18)19/h2-4,15-16H,5-6H2,1H3,(H,13,17). The second-order valence-electron chi connectivity index (χ2n) is 4.25. The quantitative estimate of drug-likeness (QED) is 0.523. The highest BCUT2D eigenvalue weighted by atomic mass is 19.1. The fourth-order valence-electron chi connectivity index (χ4n) is 1.32. The minimum absolute atomic E-state index is 0.474. The molecular formula is C11H13FN2O5. The number of hydrogen-bond acceptors (Lipinski definition) is 5. The number of nitrogens with one attached hydrogen (secondary N) is 1. The third-order valence-corrected chi connectivity index (χ3v) is 2.51. The molecule has 0 saturated carbocycles. The van der Waals surface area contributed by atoms with E-state index in [4.69, 9.17) is 10.2 Å². The zero-order chi connectivity index (χ0) is 14.6. The summed E-state index contributed by atoms with van der Waals surface area (Å²) in [7, 11) is 0. The number of nitrogens with zero attached hydrogens (tertiary/aromatic N) is 1. The Balaban J connectivity index is 3.12. The maximum Gasteiger partial charge on any atom is 0.282 e. The van der Waals surface area contributed by atoms with Crippen molar-refractivity contribution in [2.75, 3.05) is 13.2 Å². The summed E-state index contributed by atoms with van der Waals surface area (Å²) in [5.41, 5.74) is -2.38. The van der Waals surface area contributed by atoms with Crippen molar-refractivity contribution in [3.8, 4) is 0 Å². The van der Waals surface area contributed by atoms with E-state index in [2.05, 4.69) is 5.32 Å². The molecule has 1 aromatic rings. The molecule has 0 aliphatic heterocycles. The summed E-state index contributed by atoms with van der Waals surface area (Å²) in [6, 6.07) is 2.47. The first-order valence-electron chi connectivity index (χ1n) is 5.31. The van der Waals surface area contributed by atoms with Crippen LogP contribution in [0.25, 0.3) is 0 Å². The Morgan fingerprint density at radius 3 is 2.53 bits per heavy atom. The first-order chi connectivity index (χ1) is 8.83. The topological polar surface area (TPSA) is 113 Å². The third-order valence-electron chi connectivity index (χ3n) is 2.51. The zero-order valence-electron chi connectivity index (χ0n) is 10.1. The van der Waals surface area contributed by atoms with Gasteiger partial charge in [-0.2, -0.15) is 0 Å². The molecule has 19 heavy (non-hydrogen) atoms. The van der Waals surface area contributed by atoms with E-state index in [9.17, 15) is 19.3 Å². The average molecular weight is 272 g/mol. The van der Waals surface area contributed by atoms with Crippen molar-refractivity contribution in [3.05, 3.63) is 39.7 Å². The van der Waals surface area contributed by atoms with Crippen LogP contribution in [0.15, 0.2) is 18.2 Å². The van der Waals surface area contributed by atoms with Crippen LogP contribution in [0.3, 0.4) is 0 Å². The van der Waals surface area contributed by atoms with Crippen LogP contribution in [0.4, 0.5) is 10.1 Å². The van der Waals surface area contributed by atoms with Gasteiger partial charge in [0.15, 0.2) is 0 Å². The minimum atomic E-state index is -1.35. The van der Waals surface area contributed by atoms with Gasteiger partial charge in [-0.1, -0.05) is 0 Å². The second kappa shape index (κ2) is 5.72. The summed E-state index contributed by atoms with van der Waals surface area (Å²) < 4.78 is 13.1. The lowest BCUT2D eigenvalue weighted by Gasteiger charge is -2.26. The monoisotopic (exact) mass is 272 g/mol. The van der Waals surface area contributed by atoms with Crippen LogP contribution in [-0.4, -0.2) is 39.8 Å². The molecule has 3 N–H and O–H groups in total. The number of benzene rings is 1. The van der Waals surface area contributed by atoms with Crippen molar-refractivity contribution < 1.29 is 24.3 Å². The van der Waals surface area contributed by atoms with Crippen LogP contribution >= 0.6 is 0 Å². The van der Waals surface area contributed by atoms with E-state index in [0.717, 1.165) is 18.2 Å². The van der Waals surface area contributed by atoms with Crippen LogP contribution in [0.5, 0.6) is 0 Å². The number of rotatable bonds is 5. The normalized spacial score (nSPS) is 11.2. The predicted octanol–water partition coefficient (Wildman–Crippen LogP) is 0.207. The van der Waals surface area contributed by atoms with E-state index in [-0.39, 0.29) is 0 Å². The van der Waals surface area contributed by atoms with Crippen molar-refractivity contribution in [1.29, 1.82) is 0 Å². The van der Waals surface area contributed by atoms with Gasteiger partial charge < -0.3 is 15.5 Å². The van der Waals surface area contributed by atoms with Crippen molar-refractivity contribution in [1.82, 2.24) is 5.32 Å². The van der Waals surface area contributed by atoms with E-state index in [1.165, 1.54) is 6.92 Å². The summed E-state index contributed by atoms with van der Waals surface area (Å²) in [6.07, 6.45) is 0. The highest BCUT2D eigenvalue weighted by molar-refractivity contribution is 5.98. The Morgan fingerprint density at radius 1 is 1.47 bits per heavy atom. The van der Waals surface area contributed by atoms with E-state index >= 15 is 0 Å². The summed E-state index contributed by atoms with van der Waals surface area (Å²) in [4.78, 5) is 21.8. The molecule has 1 aromatic carbocycles. The van der Waals surface area contributed by atoms with Crippen molar-refractivity contribution in [2.24, 2.45) is 0 Å². The molecule has 0 aromatic heterocycles. The van der Waals surface area contributed by atoms with Gasteiger partial charge in [0.05, 0.1) is 23.7 Å². The molecule has 0 aliphatic rings. The van der Waals surface area contributed by atoms with Gasteiger partial charge in [-0.15, -0.1) is 0 Å². The molecule has 1 rings (SSSR count). The summed E-state index contributed by atoms with van der Waals surface area (Å²) in [5.74, 6) is -1.75. The number of aliphatic hydroxyl groups is 2. The lowest BCUT2D eigenvalue weighted by Crippen LogP contribution is -2.51. The Labute approximate surface area is 107 Å². The van der Waals surface area contributed by atoms with Crippen molar-refractivity contribution >= 4 is 11.6 Å². The zero-order valence-corrected chi connectivity index (χ0v) is 10.1. The largest absolute Gasteiger partial charge is 0.394 e. The number of carbonyl (C=O) groups is 1. The van der Waals surface area contributed by atoms with Gasteiger partial charge in [-0.25, -0.2) is 4.39 Å². The van der Waals surface area contributed by atoms with E-state index in [1.807, 2.05) is 0 Å². The molecule has 0 saturated heterocycles. The summed E-state index contributed by atoms with van der Waals surface area (Å²) in [5, 5.41) is 31.0. The van der Waals surface area contributed by atoms with Crippen molar-refractivity contribution in [2.45, 2.75) is 12.5 Å². The number of carbonyl (C=O) groups excluding carboxylic acids is 1. The number of aliphatic hydroxyl groups excluding tert-OH is 2. The number of hydrogen-bond donors (Lipinski definition) is 3. The Kier molecular flexibility index (Phi) is 4.52. The third kappa shape index (κ3) is 3.46. The van der Waals surface area contributed by atoms with E-state index < -0.39 is 46.7 Å². The Hall–Kier alpha value is -2.06. The summed E-state index contributed by atoms with van der Waals surface area (Å²) >= 11 is 0. The molecule has 0 unspecified atom stereocenters. The lowest BCUT2D eigenvalue weighted by molar-refractivity contribution is -0.385. The van der Waals surface area contributed by atoms with Crippen LogP contribution in [0.1, 0.15) is 17.3 Å². The molecule has 0 atom stereocenters. The molecule has 0 bridgehead atoms. The van der Waals surface area contributed by atoms with Gasteiger partial charge in [0.1, 0.15) is 11.4 Å². The fraction of sp³-hybridized carbons (Fsp3) is 0.364. The number of nitro benzene ring substituents is 1. The number of nitro groups is 1. The summed E-state index contributed by atoms with van der Waals surface area (Å²) in [6.45, 7) is 0.201. The van der Waals surface area contributed by atoms with Crippen LogP contribution in [-0.2, 0) is 0 Å². The molecular weight excluding hydrogens is 259 g/mol. The first-order valence-corrected chi connectivity index (χ1v) is 5.31. The van der Waals surface area contributed by atoms with Crippen LogP contribution in [0, 0.1) is 15.9 Å². The molecule has 1 amide bonds. The maximum atomic E-state index is 13.1. The Morgan fingerprint density at radius 2 is 2.05 bits per heavy atom. The molecule has 0 spiro atoms. The number of halogens is 1. The molecule has 0 aliphatic carbocycles. The van der Waals surface area contributed by atoms with Crippen LogP contribution in [0.2, 0.25) is 0 Å². The highest BCUT2D eigenvalue weighted by Gasteiger charge is 2.28. The van der Waals surface area contributed by atoms with Crippen LogP contribution < -0.4 is 5.32 Å². The average Bonchev–Trinajstić information content (AvgIpc) is 2.38. The van der Waals surface area contributed by atoms with Crippen molar-refractivity contribution in [3.63, 3.8) is 0 Å². The molecule has 104 valence electrons. The van der Waals surface area contributed by atoms with Gasteiger partial charge >= 0.3 is 0 Å². The van der Waals surface area contributed by atoms with Gasteiger partial charge in [0.2, 0.25) is 0 Å². The second-order valence-corrected chi connectivity index (χ2v) is 4.25. The van der Waals surface area contributed by atoms with E-state index in [0.29, 0.717) is 0 Å². The van der Waals surface area contributed by atoms with Gasteiger partial charge in [0.25, 0.3) is 11.6 Å². The smallest absolute Gasteiger partial charge is 0.282 e. The number of amides is 1.